The van der Waals surface area contributed by atoms with Gasteiger partial charge < -0.3 is 15.8 Å². The molecule has 0 fully saturated rings. The molecule has 0 spiro atoms. The standard InChI is InChI=1S/C10H23N3O/c1-8(9(11)12-14)6-13(5)7-10(2,3)4/h8,14H,6-7H2,1-5H3,(H2,11,12). The van der Waals surface area contributed by atoms with Crippen LogP contribution in [0.4, 0.5) is 0 Å². The zero-order chi connectivity index (χ0) is 11.4. The van der Waals surface area contributed by atoms with E-state index in [4.69, 9.17) is 10.9 Å². The van der Waals surface area contributed by atoms with Gasteiger partial charge in [-0.3, -0.25) is 0 Å². The van der Waals surface area contributed by atoms with Gasteiger partial charge in [0.1, 0.15) is 5.84 Å². The first-order valence-electron chi connectivity index (χ1n) is 4.92. The average Bonchev–Trinajstić information content (AvgIpc) is 1.99. The van der Waals surface area contributed by atoms with E-state index in [1.807, 2.05) is 14.0 Å². The molecule has 0 rings (SSSR count). The molecular weight excluding hydrogens is 178 g/mol. The van der Waals surface area contributed by atoms with Crippen molar-refractivity contribution in [3.8, 4) is 0 Å². The molecule has 14 heavy (non-hydrogen) atoms. The Hall–Kier alpha value is -0.770. The molecular formula is C10H23N3O. The van der Waals surface area contributed by atoms with Gasteiger partial charge in [0.05, 0.1) is 0 Å². The van der Waals surface area contributed by atoms with Gasteiger partial charge in [0.25, 0.3) is 0 Å². The van der Waals surface area contributed by atoms with Crippen LogP contribution < -0.4 is 5.73 Å². The van der Waals surface area contributed by atoms with E-state index in [0.717, 1.165) is 13.1 Å². The van der Waals surface area contributed by atoms with Gasteiger partial charge in [0.2, 0.25) is 0 Å². The van der Waals surface area contributed by atoms with Crippen LogP contribution in [0.3, 0.4) is 0 Å². The van der Waals surface area contributed by atoms with E-state index in [1.54, 1.807) is 0 Å². The zero-order valence-electron chi connectivity index (χ0n) is 9.91. The van der Waals surface area contributed by atoms with Gasteiger partial charge in [0.15, 0.2) is 0 Å². The van der Waals surface area contributed by atoms with Crippen LogP contribution >= 0.6 is 0 Å². The molecule has 0 aromatic heterocycles. The third kappa shape index (κ3) is 5.80. The third-order valence-corrected chi connectivity index (χ3v) is 1.95. The maximum absolute atomic E-state index is 8.50. The zero-order valence-corrected chi connectivity index (χ0v) is 9.91. The maximum atomic E-state index is 8.50. The second kappa shape index (κ2) is 5.20. The van der Waals surface area contributed by atoms with Crippen LogP contribution in [0.2, 0.25) is 0 Å². The molecule has 0 radical (unpaired) electrons. The van der Waals surface area contributed by atoms with Crippen molar-refractivity contribution in [2.75, 3.05) is 20.1 Å². The lowest BCUT2D eigenvalue weighted by Crippen LogP contribution is -2.36. The summed E-state index contributed by atoms with van der Waals surface area (Å²) in [4.78, 5) is 2.20. The fraction of sp³-hybridized carbons (Fsp3) is 0.900. The first-order valence-corrected chi connectivity index (χ1v) is 4.92. The molecule has 3 N–H and O–H groups in total. The lowest BCUT2D eigenvalue weighted by atomic mass is 9.96. The predicted molar refractivity (Wildman–Crippen MR) is 59.5 cm³/mol. The summed E-state index contributed by atoms with van der Waals surface area (Å²) in [7, 11) is 2.05. The number of hydrogen-bond acceptors (Lipinski definition) is 3. The topological polar surface area (TPSA) is 61.8 Å². The van der Waals surface area contributed by atoms with Crippen LogP contribution in [0.5, 0.6) is 0 Å². The highest BCUT2D eigenvalue weighted by molar-refractivity contribution is 5.82. The predicted octanol–water partition coefficient (Wildman–Crippen LogP) is 1.35. The van der Waals surface area contributed by atoms with E-state index >= 15 is 0 Å². The molecule has 0 aliphatic heterocycles. The number of nitrogens with two attached hydrogens (primary N) is 1. The van der Waals surface area contributed by atoms with Crippen LogP contribution in [-0.2, 0) is 0 Å². The molecule has 0 bridgehead atoms. The Morgan fingerprint density at radius 3 is 2.36 bits per heavy atom. The van der Waals surface area contributed by atoms with Gasteiger partial charge >= 0.3 is 0 Å². The van der Waals surface area contributed by atoms with E-state index in [0.29, 0.717) is 5.84 Å². The van der Waals surface area contributed by atoms with Gasteiger partial charge in [0, 0.05) is 19.0 Å². The number of nitrogens with zero attached hydrogens (tertiary/aromatic N) is 2. The average molecular weight is 201 g/mol. The summed E-state index contributed by atoms with van der Waals surface area (Å²) >= 11 is 0. The third-order valence-electron chi connectivity index (χ3n) is 1.95. The van der Waals surface area contributed by atoms with Crippen LogP contribution in [0.1, 0.15) is 27.7 Å². The molecule has 1 unspecified atom stereocenters. The SMILES string of the molecule is CC(CN(C)CC(C)(C)C)C(N)=NO. The minimum absolute atomic E-state index is 0.0901. The lowest BCUT2D eigenvalue weighted by molar-refractivity contribution is 0.216. The number of rotatable bonds is 4. The first kappa shape index (κ1) is 13.2. The number of oxime groups is 1. The molecule has 0 aliphatic carbocycles. The van der Waals surface area contributed by atoms with Crippen LogP contribution in [-0.4, -0.2) is 36.1 Å². The Morgan fingerprint density at radius 2 is 2.00 bits per heavy atom. The van der Waals surface area contributed by atoms with E-state index in [2.05, 4.69) is 30.8 Å². The van der Waals surface area contributed by atoms with E-state index in [9.17, 15) is 0 Å². The summed E-state index contributed by atoms with van der Waals surface area (Å²) in [5.41, 5.74) is 5.78. The molecule has 1 atom stereocenters. The van der Waals surface area contributed by atoms with Crippen LogP contribution in [0.25, 0.3) is 0 Å². The Labute approximate surface area is 86.8 Å². The van der Waals surface area contributed by atoms with E-state index in [1.165, 1.54) is 0 Å². The highest BCUT2D eigenvalue weighted by atomic mass is 16.4. The molecule has 84 valence electrons. The Morgan fingerprint density at radius 1 is 1.50 bits per heavy atom. The molecule has 4 heteroatoms. The summed E-state index contributed by atoms with van der Waals surface area (Å²) in [5, 5.41) is 11.5. The molecule has 0 saturated carbocycles. The van der Waals surface area contributed by atoms with Gasteiger partial charge in [-0.1, -0.05) is 32.9 Å². The van der Waals surface area contributed by atoms with Gasteiger partial charge in [-0.25, -0.2) is 0 Å². The number of hydrogen-bond donors (Lipinski definition) is 2. The van der Waals surface area contributed by atoms with Crippen molar-refractivity contribution in [1.82, 2.24) is 4.90 Å². The van der Waals surface area contributed by atoms with Gasteiger partial charge in [-0.05, 0) is 12.5 Å². The van der Waals surface area contributed by atoms with Crippen molar-refractivity contribution < 1.29 is 5.21 Å². The molecule has 0 saturated heterocycles. The molecule has 0 amide bonds. The summed E-state index contributed by atoms with van der Waals surface area (Å²) in [6.07, 6.45) is 0. The molecule has 0 heterocycles. The largest absolute Gasteiger partial charge is 0.409 e. The Balaban J connectivity index is 4.01. The smallest absolute Gasteiger partial charge is 0.143 e. The van der Waals surface area contributed by atoms with Gasteiger partial charge in [-0.15, -0.1) is 0 Å². The molecule has 4 nitrogen and oxygen atoms in total. The highest BCUT2D eigenvalue weighted by Gasteiger charge is 2.16. The van der Waals surface area contributed by atoms with Crippen molar-refractivity contribution in [1.29, 1.82) is 0 Å². The van der Waals surface area contributed by atoms with Crippen molar-refractivity contribution in [3.63, 3.8) is 0 Å². The van der Waals surface area contributed by atoms with Gasteiger partial charge in [-0.2, -0.15) is 0 Å². The second-order valence-corrected chi connectivity index (χ2v) is 5.18. The Kier molecular flexibility index (Phi) is 4.91. The quantitative estimate of drug-likeness (QED) is 0.312. The highest BCUT2D eigenvalue weighted by Crippen LogP contribution is 2.14. The van der Waals surface area contributed by atoms with Crippen LogP contribution in [0, 0.1) is 11.3 Å². The van der Waals surface area contributed by atoms with E-state index < -0.39 is 0 Å². The van der Waals surface area contributed by atoms with Crippen molar-refractivity contribution in [2.45, 2.75) is 27.7 Å². The van der Waals surface area contributed by atoms with Crippen LogP contribution in [0.15, 0.2) is 5.16 Å². The monoisotopic (exact) mass is 201 g/mol. The number of amidine groups is 1. The summed E-state index contributed by atoms with van der Waals surface area (Å²) < 4.78 is 0. The van der Waals surface area contributed by atoms with Crippen molar-refractivity contribution in [3.05, 3.63) is 0 Å². The minimum atomic E-state index is 0.0901. The maximum Gasteiger partial charge on any atom is 0.143 e. The fourth-order valence-electron chi connectivity index (χ4n) is 1.53. The summed E-state index contributed by atoms with van der Waals surface area (Å²) in [5.74, 6) is 0.387. The Bertz CT molecular complexity index is 196. The molecule has 0 aliphatic rings. The fourth-order valence-corrected chi connectivity index (χ4v) is 1.53. The molecule has 0 aromatic carbocycles. The first-order chi connectivity index (χ1) is 6.26. The molecule has 0 aromatic rings. The van der Waals surface area contributed by atoms with Crippen molar-refractivity contribution >= 4 is 5.84 Å². The van der Waals surface area contributed by atoms with E-state index in [-0.39, 0.29) is 11.3 Å². The summed E-state index contributed by atoms with van der Waals surface area (Å²) in [6.45, 7) is 10.3. The lowest BCUT2D eigenvalue weighted by Gasteiger charge is -2.28. The minimum Gasteiger partial charge on any atom is -0.409 e. The summed E-state index contributed by atoms with van der Waals surface area (Å²) in [6, 6.07) is 0. The second-order valence-electron chi connectivity index (χ2n) is 5.18. The van der Waals surface area contributed by atoms with Crippen molar-refractivity contribution in [2.24, 2.45) is 22.2 Å². The normalized spacial score (nSPS) is 16.0.